The Hall–Kier alpha value is -1.43. The van der Waals surface area contributed by atoms with Crippen LogP contribution in [0.4, 0.5) is 4.79 Å². The molecule has 0 N–H and O–H groups in total. The molecule has 1 saturated heterocycles. The molecule has 0 spiro atoms. The van der Waals surface area contributed by atoms with Gasteiger partial charge in [0.2, 0.25) is 0 Å². The maximum Gasteiger partial charge on any atom is 0.410 e. The van der Waals surface area contributed by atoms with Crippen LogP contribution >= 0.6 is 0 Å². The van der Waals surface area contributed by atoms with E-state index < -0.39 is 23.7 Å². The Morgan fingerprint density at radius 1 is 1.13 bits per heavy atom. The molecule has 0 aromatic heterocycles. The number of amides is 1. The van der Waals surface area contributed by atoms with Crippen molar-refractivity contribution < 1.29 is 23.9 Å². The number of carbonyl (C=O) groups excluding carboxylic acids is 3. The van der Waals surface area contributed by atoms with Crippen LogP contribution in [0.1, 0.15) is 54.4 Å². The van der Waals surface area contributed by atoms with Crippen LogP contribution in [-0.2, 0) is 19.1 Å². The van der Waals surface area contributed by atoms with Gasteiger partial charge in [0.25, 0.3) is 0 Å². The average molecular weight is 327 g/mol. The Balaban J connectivity index is 3.13. The summed E-state index contributed by atoms with van der Waals surface area (Å²) in [5.41, 5.74) is -0.640. The maximum atomic E-state index is 12.6. The topological polar surface area (TPSA) is 72.9 Å². The van der Waals surface area contributed by atoms with Crippen LogP contribution in [-0.4, -0.2) is 53.5 Å². The van der Waals surface area contributed by atoms with E-state index in [2.05, 4.69) is 0 Å². The molecule has 6 nitrogen and oxygen atoms in total. The van der Waals surface area contributed by atoms with Gasteiger partial charge < -0.3 is 9.47 Å². The Kier molecular flexibility index (Phi) is 6.74. The van der Waals surface area contributed by atoms with Gasteiger partial charge in [0, 0.05) is 12.8 Å². The summed E-state index contributed by atoms with van der Waals surface area (Å²) < 4.78 is 11.0. The second kappa shape index (κ2) is 7.90. The molecule has 1 aliphatic rings. The number of rotatable bonds is 5. The van der Waals surface area contributed by atoms with E-state index in [0.29, 0.717) is 6.61 Å². The molecule has 132 valence electrons. The molecule has 1 heterocycles. The second-order valence-corrected chi connectivity index (χ2v) is 6.96. The normalized spacial score (nSPS) is 22.1. The lowest BCUT2D eigenvalue weighted by Crippen LogP contribution is -2.60. The van der Waals surface area contributed by atoms with E-state index in [4.69, 9.17) is 9.47 Å². The molecule has 0 aliphatic carbocycles. The van der Waals surface area contributed by atoms with Crippen LogP contribution in [0.5, 0.6) is 0 Å². The van der Waals surface area contributed by atoms with E-state index in [9.17, 15) is 14.4 Å². The molecule has 1 aliphatic heterocycles. The van der Waals surface area contributed by atoms with Gasteiger partial charge in [-0.25, -0.2) is 4.79 Å². The Morgan fingerprint density at radius 3 is 2.09 bits per heavy atom. The molecule has 1 amide bonds. The van der Waals surface area contributed by atoms with Crippen LogP contribution in [0.3, 0.4) is 0 Å². The zero-order valence-electron chi connectivity index (χ0n) is 15.0. The summed E-state index contributed by atoms with van der Waals surface area (Å²) in [6, 6.07) is -0.853. The standard InChI is InChI=1S/C17H29NO5/c1-7-13(19)15(14(20)8-2)12-10-22-9-11(3)18(12)16(21)23-17(4,5)6/h11-12,15H,7-10H2,1-6H3. The Morgan fingerprint density at radius 2 is 1.65 bits per heavy atom. The van der Waals surface area contributed by atoms with Gasteiger partial charge in [0.1, 0.15) is 17.2 Å². The maximum absolute atomic E-state index is 12.6. The minimum atomic E-state index is -0.847. The van der Waals surface area contributed by atoms with Gasteiger partial charge in [-0.15, -0.1) is 0 Å². The zero-order valence-corrected chi connectivity index (χ0v) is 15.0. The predicted octanol–water partition coefficient (Wildman–Crippen LogP) is 2.59. The van der Waals surface area contributed by atoms with Gasteiger partial charge >= 0.3 is 6.09 Å². The van der Waals surface area contributed by atoms with Crippen LogP contribution in [0, 0.1) is 5.92 Å². The van der Waals surface area contributed by atoms with Gasteiger partial charge in [-0.05, 0) is 27.7 Å². The van der Waals surface area contributed by atoms with E-state index in [-0.39, 0.29) is 37.1 Å². The van der Waals surface area contributed by atoms with Gasteiger partial charge in [-0.1, -0.05) is 13.8 Å². The molecule has 0 aromatic rings. The number of carbonyl (C=O) groups is 3. The molecule has 1 fully saturated rings. The Labute approximate surface area is 138 Å². The molecule has 6 heteroatoms. The largest absolute Gasteiger partial charge is 0.444 e. The van der Waals surface area contributed by atoms with E-state index in [1.165, 1.54) is 4.90 Å². The summed E-state index contributed by atoms with van der Waals surface area (Å²) in [5.74, 6) is -1.17. The van der Waals surface area contributed by atoms with Gasteiger partial charge in [-0.2, -0.15) is 0 Å². The molecule has 0 aromatic carbocycles. The first-order chi connectivity index (χ1) is 10.6. The van der Waals surface area contributed by atoms with Crippen molar-refractivity contribution >= 4 is 17.7 Å². The van der Waals surface area contributed by atoms with E-state index in [1.807, 2.05) is 6.92 Å². The first kappa shape index (κ1) is 19.6. The fraction of sp³-hybridized carbons (Fsp3) is 0.824. The van der Waals surface area contributed by atoms with Gasteiger partial charge in [0.05, 0.1) is 31.2 Å². The van der Waals surface area contributed by atoms with Crippen molar-refractivity contribution in [1.29, 1.82) is 0 Å². The van der Waals surface area contributed by atoms with Crippen molar-refractivity contribution in [3.63, 3.8) is 0 Å². The average Bonchev–Trinajstić information content (AvgIpc) is 2.45. The number of morpholine rings is 1. The van der Waals surface area contributed by atoms with Gasteiger partial charge in [0.15, 0.2) is 0 Å². The Bertz CT molecular complexity index is 438. The van der Waals surface area contributed by atoms with E-state index in [1.54, 1.807) is 34.6 Å². The van der Waals surface area contributed by atoms with Crippen molar-refractivity contribution in [2.45, 2.75) is 72.1 Å². The number of hydrogen-bond acceptors (Lipinski definition) is 5. The molecular weight excluding hydrogens is 298 g/mol. The third-order valence-corrected chi connectivity index (χ3v) is 3.86. The lowest BCUT2D eigenvalue weighted by molar-refractivity contribution is -0.140. The van der Waals surface area contributed by atoms with Crippen molar-refractivity contribution in [1.82, 2.24) is 4.90 Å². The van der Waals surface area contributed by atoms with E-state index in [0.717, 1.165) is 0 Å². The molecule has 2 unspecified atom stereocenters. The zero-order chi connectivity index (χ0) is 17.8. The quantitative estimate of drug-likeness (QED) is 0.726. The number of ether oxygens (including phenoxy) is 2. The highest BCUT2D eigenvalue weighted by Gasteiger charge is 2.44. The SMILES string of the molecule is CCC(=O)C(C(=O)CC)C1COCC(C)N1C(=O)OC(C)(C)C. The molecular formula is C17H29NO5. The monoisotopic (exact) mass is 327 g/mol. The minimum absolute atomic E-state index is 0.159. The fourth-order valence-electron chi connectivity index (χ4n) is 2.78. The number of hydrogen-bond donors (Lipinski definition) is 0. The summed E-state index contributed by atoms with van der Waals surface area (Å²) in [7, 11) is 0. The van der Waals surface area contributed by atoms with Crippen molar-refractivity contribution in [3.8, 4) is 0 Å². The minimum Gasteiger partial charge on any atom is -0.444 e. The van der Waals surface area contributed by atoms with Crippen molar-refractivity contribution in [2.75, 3.05) is 13.2 Å². The van der Waals surface area contributed by atoms with Gasteiger partial charge in [-0.3, -0.25) is 14.5 Å². The highest BCUT2D eigenvalue weighted by molar-refractivity contribution is 6.03. The lowest BCUT2D eigenvalue weighted by Gasteiger charge is -2.43. The fourth-order valence-corrected chi connectivity index (χ4v) is 2.78. The van der Waals surface area contributed by atoms with E-state index >= 15 is 0 Å². The lowest BCUT2D eigenvalue weighted by atomic mass is 9.86. The number of nitrogens with zero attached hydrogens (tertiary/aromatic N) is 1. The molecule has 1 rings (SSSR count). The second-order valence-electron chi connectivity index (χ2n) is 6.96. The van der Waals surface area contributed by atoms with Crippen LogP contribution in [0.15, 0.2) is 0 Å². The summed E-state index contributed by atoms with van der Waals surface area (Å²) >= 11 is 0. The van der Waals surface area contributed by atoms with Crippen LogP contribution < -0.4 is 0 Å². The molecule has 2 atom stereocenters. The van der Waals surface area contributed by atoms with Crippen molar-refractivity contribution in [2.24, 2.45) is 5.92 Å². The molecule has 23 heavy (non-hydrogen) atoms. The summed E-state index contributed by atoms with van der Waals surface area (Å²) in [4.78, 5) is 38.7. The third-order valence-electron chi connectivity index (χ3n) is 3.86. The first-order valence-electron chi connectivity index (χ1n) is 8.26. The third kappa shape index (κ3) is 5.03. The summed E-state index contributed by atoms with van der Waals surface area (Å²) in [5, 5.41) is 0. The van der Waals surface area contributed by atoms with Crippen LogP contribution in [0.2, 0.25) is 0 Å². The van der Waals surface area contributed by atoms with Crippen molar-refractivity contribution in [3.05, 3.63) is 0 Å². The number of Topliss-reactive ketones (excluding diaryl/α,β-unsaturated/α-hetero) is 2. The molecule has 0 radical (unpaired) electrons. The smallest absolute Gasteiger partial charge is 0.410 e. The highest BCUT2D eigenvalue weighted by Crippen LogP contribution is 2.26. The summed E-state index contributed by atoms with van der Waals surface area (Å²) in [6.07, 6.45) is 0.00323. The predicted molar refractivity (Wildman–Crippen MR) is 86.2 cm³/mol. The van der Waals surface area contributed by atoms with Crippen LogP contribution in [0.25, 0.3) is 0 Å². The summed E-state index contributed by atoms with van der Waals surface area (Å²) in [6.45, 7) is 11.2. The first-order valence-corrected chi connectivity index (χ1v) is 8.26. The molecule has 0 bridgehead atoms. The molecule has 0 saturated carbocycles. The highest BCUT2D eigenvalue weighted by atomic mass is 16.6. The number of ketones is 2.